The summed E-state index contributed by atoms with van der Waals surface area (Å²) in [5.41, 5.74) is 1.49. The van der Waals surface area contributed by atoms with E-state index in [2.05, 4.69) is 51.3 Å². The molecular weight excluding hydrogens is 404 g/mol. The summed E-state index contributed by atoms with van der Waals surface area (Å²) in [6, 6.07) is 9.57. The number of para-hydroxylation sites is 1. The van der Waals surface area contributed by atoms with Gasteiger partial charge in [0, 0.05) is 17.5 Å². The number of amides is 1. The van der Waals surface area contributed by atoms with E-state index >= 15 is 0 Å². The summed E-state index contributed by atoms with van der Waals surface area (Å²) in [5, 5.41) is 7.14. The lowest BCUT2D eigenvalue weighted by Gasteiger charge is -2.20. The van der Waals surface area contributed by atoms with Gasteiger partial charge in [-0.25, -0.2) is 15.0 Å². The molecule has 0 radical (unpaired) electrons. The van der Waals surface area contributed by atoms with E-state index < -0.39 is 0 Å². The third-order valence-corrected chi connectivity index (χ3v) is 5.44. The minimum Gasteiger partial charge on any atom is -0.481 e. The molecule has 2 aromatic heterocycles. The zero-order valence-corrected chi connectivity index (χ0v) is 19.3. The van der Waals surface area contributed by atoms with Gasteiger partial charge in [0.25, 0.3) is 5.91 Å². The second-order valence-electron chi connectivity index (χ2n) is 7.69. The molecule has 3 rings (SSSR count). The van der Waals surface area contributed by atoms with E-state index in [1.165, 1.54) is 6.20 Å². The Hall–Kier alpha value is -3.26. The van der Waals surface area contributed by atoms with Gasteiger partial charge in [-0.2, -0.15) is 0 Å². The average molecular weight is 437 g/mol. The maximum Gasteiger partial charge on any atom is 0.275 e. The van der Waals surface area contributed by atoms with Gasteiger partial charge in [0.2, 0.25) is 5.88 Å². The van der Waals surface area contributed by atoms with E-state index in [-0.39, 0.29) is 17.6 Å². The maximum absolute atomic E-state index is 12.7. The molecule has 1 unspecified atom stereocenters. The summed E-state index contributed by atoms with van der Waals surface area (Å²) in [6.07, 6.45) is 5.24. The molecule has 8 heteroatoms. The van der Waals surface area contributed by atoms with Crippen LogP contribution in [0.3, 0.4) is 0 Å². The Morgan fingerprint density at radius 3 is 2.62 bits per heavy atom. The molecule has 2 heterocycles. The topological polar surface area (TPSA) is 92.3 Å². The lowest BCUT2D eigenvalue weighted by Crippen LogP contribution is -2.25. The van der Waals surface area contributed by atoms with Crippen LogP contribution in [0, 0.1) is 0 Å². The number of anilines is 2. The van der Waals surface area contributed by atoms with Crippen LogP contribution < -0.4 is 15.4 Å². The molecule has 0 spiro atoms. The largest absolute Gasteiger partial charge is 0.481 e. The molecule has 1 aromatic carbocycles. The number of rotatable bonds is 11. The van der Waals surface area contributed by atoms with Crippen molar-refractivity contribution in [3.05, 3.63) is 48.4 Å². The van der Waals surface area contributed by atoms with Crippen molar-refractivity contribution in [1.82, 2.24) is 19.9 Å². The van der Waals surface area contributed by atoms with Crippen LogP contribution in [0.15, 0.2) is 42.7 Å². The van der Waals surface area contributed by atoms with Crippen LogP contribution in [0.4, 0.5) is 11.5 Å². The van der Waals surface area contributed by atoms with Crippen molar-refractivity contribution in [3.8, 4) is 5.88 Å². The van der Waals surface area contributed by atoms with Crippen LogP contribution >= 0.6 is 0 Å². The van der Waals surface area contributed by atoms with Gasteiger partial charge >= 0.3 is 0 Å². The summed E-state index contributed by atoms with van der Waals surface area (Å²) < 4.78 is 5.20. The van der Waals surface area contributed by atoms with Gasteiger partial charge in [-0.1, -0.05) is 26.0 Å². The second-order valence-corrected chi connectivity index (χ2v) is 7.69. The van der Waals surface area contributed by atoms with Crippen molar-refractivity contribution in [1.29, 1.82) is 0 Å². The summed E-state index contributed by atoms with van der Waals surface area (Å²) in [7, 11) is 1.56. The highest BCUT2D eigenvalue weighted by Crippen LogP contribution is 2.24. The summed E-state index contributed by atoms with van der Waals surface area (Å²) in [6.45, 7) is 9.76. The molecule has 1 amide bonds. The third-order valence-electron chi connectivity index (χ3n) is 5.44. The smallest absolute Gasteiger partial charge is 0.275 e. The van der Waals surface area contributed by atoms with E-state index in [9.17, 15) is 4.79 Å². The standard InChI is InChI=1S/C24H32N6O2/c1-5-30(6-2)14-8-9-17(3)27-21-16-25-20(15-26-21)24(31)28-19-11-7-10-18-12-13-22(32-4)29-23(18)19/h7,10-13,15-17H,5-6,8-9,14H2,1-4H3,(H,26,27)(H,28,31). The first-order valence-corrected chi connectivity index (χ1v) is 11.1. The van der Waals surface area contributed by atoms with Crippen LogP contribution in [0.1, 0.15) is 44.1 Å². The van der Waals surface area contributed by atoms with Crippen molar-refractivity contribution in [3.63, 3.8) is 0 Å². The van der Waals surface area contributed by atoms with Crippen LogP contribution in [-0.2, 0) is 0 Å². The van der Waals surface area contributed by atoms with E-state index in [1.807, 2.05) is 18.2 Å². The highest BCUT2D eigenvalue weighted by atomic mass is 16.5. The number of ether oxygens (including phenoxy) is 1. The highest BCUT2D eigenvalue weighted by molar-refractivity contribution is 6.07. The van der Waals surface area contributed by atoms with Gasteiger partial charge in [0.15, 0.2) is 0 Å². The van der Waals surface area contributed by atoms with Crippen LogP contribution in [-0.4, -0.2) is 58.5 Å². The number of nitrogens with one attached hydrogen (secondary N) is 2. The van der Waals surface area contributed by atoms with Crippen molar-refractivity contribution in [2.75, 3.05) is 37.4 Å². The number of pyridine rings is 1. The summed E-state index contributed by atoms with van der Waals surface area (Å²) in [4.78, 5) is 28.2. The van der Waals surface area contributed by atoms with E-state index in [1.54, 1.807) is 25.4 Å². The number of aromatic nitrogens is 3. The zero-order valence-electron chi connectivity index (χ0n) is 19.3. The fraction of sp³-hybridized carbons (Fsp3) is 0.417. The molecule has 0 bridgehead atoms. The molecule has 0 aliphatic heterocycles. The quantitative estimate of drug-likeness (QED) is 0.465. The second kappa shape index (κ2) is 11.4. The Morgan fingerprint density at radius 1 is 1.12 bits per heavy atom. The first-order chi connectivity index (χ1) is 15.5. The molecule has 8 nitrogen and oxygen atoms in total. The van der Waals surface area contributed by atoms with Crippen molar-refractivity contribution < 1.29 is 9.53 Å². The fourth-order valence-corrected chi connectivity index (χ4v) is 3.54. The number of hydrogen-bond donors (Lipinski definition) is 2. The lowest BCUT2D eigenvalue weighted by atomic mass is 10.1. The highest BCUT2D eigenvalue weighted by Gasteiger charge is 2.12. The zero-order chi connectivity index (χ0) is 22.9. The average Bonchev–Trinajstić information content (AvgIpc) is 2.82. The number of hydrogen-bond acceptors (Lipinski definition) is 7. The molecule has 32 heavy (non-hydrogen) atoms. The van der Waals surface area contributed by atoms with Crippen molar-refractivity contribution in [2.24, 2.45) is 0 Å². The Balaban J connectivity index is 1.59. The third kappa shape index (κ3) is 6.13. The molecule has 2 N–H and O–H groups in total. The Morgan fingerprint density at radius 2 is 1.94 bits per heavy atom. The van der Waals surface area contributed by atoms with E-state index in [0.717, 1.165) is 37.9 Å². The van der Waals surface area contributed by atoms with Crippen molar-refractivity contribution >= 4 is 28.3 Å². The molecule has 0 aliphatic carbocycles. The van der Waals surface area contributed by atoms with Gasteiger partial charge in [0.1, 0.15) is 11.5 Å². The Kier molecular flexibility index (Phi) is 8.33. The first-order valence-electron chi connectivity index (χ1n) is 11.1. The minimum absolute atomic E-state index is 0.240. The number of benzene rings is 1. The Labute approximate surface area is 189 Å². The summed E-state index contributed by atoms with van der Waals surface area (Å²) >= 11 is 0. The van der Waals surface area contributed by atoms with Gasteiger partial charge < -0.3 is 20.3 Å². The van der Waals surface area contributed by atoms with Gasteiger partial charge in [0.05, 0.1) is 30.7 Å². The van der Waals surface area contributed by atoms with E-state index in [4.69, 9.17) is 4.74 Å². The normalized spacial score (nSPS) is 12.0. The van der Waals surface area contributed by atoms with Gasteiger partial charge in [-0.3, -0.25) is 4.79 Å². The molecule has 1 atom stereocenters. The molecule has 3 aromatic rings. The predicted octanol–water partition coefficient (Wildman–Crippen LogP) is 4.21. The van der Waals surface area contributed by atoms with Crippen molar-refractivity contribution in [2.45, 2.75) is 39.7 Å². The van der Waals surface area contributed by atoms with Crippen LogP contribution in [0.2, 0.25) is 0 Å². The monoisotopic (exact) mass is 436 g/mol. The number of carbonyl (C=O) groups excluding carboxylic acids is 1. The minimum atomic E-state index is -0.339. The molecule has 0 aliphatic rings. The first kappa shape index (κ1) is 23.4. The number of fused-ring (bicyclic) bond motifs is 1. The SMILES string of the molecule is CCN(CC)CCCC(C)Nc1cnc(C(=O)Nc2cccc3ccc(OC)nc23)cn1. The van der Waals surface area contributed by atoms with E-state index in [0.29, 0.717) is 22.9 Å². The maximum atomic E-state index is 12.7. The molecule has 170 valence electrons. The number of methoxy groups -OCH3 is 1. The number of nitrogens with zero attached hydrogens (tertiary/aromatic N) is 4. The molecule has 0 saturated heterocycles. The fourth-order valence-electron chi connectivity index (χ4n) is 3.54. The van der Waals surface area contributed by atoms with Crippen LogP contribution in [0.5, 0.6) is 5.88 Å². The number of carbonyl (C=O) groups is 1. The summed E-state index contributed by atoms with van der Waals surface area (Å²) in [5.74, 6) is 0.808. The molecule has 0 saturated carbocycles. The predicted molar refractivity (Wildman–Crippen MR) is 128 cm³/mol. The Bertz CT molecular complexity index is 1020. The van der Waals surface area contributed by atoms with Gasteiger partial charge in [-0.15, -0.1) is 0 Å². The molecule has 0 fully saturated rings. The van der Waals surface area contributed by atoms with Crippen LogP contribution in [0.25, 0.3) is 10.9 Å². The molecular formula is C24H32N6O2. The lowest BCUT2D eigenvalue weighted by molar-refractivity contribution is 0.102. The van der Waals surface area contributed by atoms with Gasteiger partial charge in [-0.05, 0) is 51.5 Å².